The van der Waals surface area contributed by atoms with Crippen molar-refractivity contribution in [1.82, 2.24) is 10.2 Å². The van der Waals surface area contributed by atoms with E-state index in [9.17, 15) is 9.18 Å². The standard InChI is InChI=1S/C21H25FN2O/c22-19-11-5-4-8-17(19)12-13-21(25)23-16-20(24-14-6-7-15-24)18-9-2-1-3-10-18/h1-5,8-11,20H,6-7,12-16H2,(H,23,25). The van der Waals surface area contributed by atoms with E-state index in [2.05, 4.69) is 22.3 Å². The van der Waals surface area contributed by atoms with E-state index in [-0.39, 0.29) is 17.8 Å². The Hall–Kier alpha value is -2.20. The minimum Gasteiger partial charge on any atom is -0.354 e. The second-order valence-corrected chi connectivity index (χ2v) is 6.57. The third kappa shape index (κ3) is 4.89. The lowest BCUT2D eigenvalue weighted by atomic mass is 10.1. The third-order valence-electron chi connectivity index (χ3n) is 4.84. The predicted octanol–water partition coefficient (Wildman–Crippen LogP) is 3.71. The maximum Gasteiger partial charge on any atom is 0.220 e. The first kappa shape index (κ1) is 17.6. The molecule has 0 radical (unpaired) electrons. The number of halogens is 1. The normalized spacial score (nSPS) is 15.9. The Balaban J connectivity index is 1.55. The number of carbonyl (C=O) groups excluding carboxylic acids is 1. The van der Waals surface area contributed by atoms with Gasteiger partial charge >= 0.3 is 0 Å². The molecule has 4 heteroatoms. The molecular weight excluding hydrogens is 315 g/mol. The van der Waals surface area contributed by atoms with Crippen LogP contribution in [0, 0.1) is 5.82 Å². The second-order valence-electron chi connectivity index (χ2n) is 6.57. The fourth-order valence-corrected chi connectivity index (χ4v) is 3.43. The van der Waals surface area contributed by atoms with Gasteiger partial charge in [0.1, 0.15) is 5.82 Å². The molecule has 0 aliphatic carbocycles. The molecule has 2 aromatic rings. The van der Waals surface area contributed by atoms with Crippen LogP contribution in [0.1, 0.15) is 36.4 Å². The van der Waals surface area contributed by atoms with Gasteiger partial charge in [0.25, 0.3) is 0 Å². The van der Waals surface area contributed by atoms with Gasteiger partial charge in [-0.15, -0.1) is 0 Å². The summed E-state index contributed by atoms with van der Waals surface area (Å²) in [5, 5.41) is 3.04. The van der Waals surface area contributed by atoms with Gasteiger partial charge in [0.05, 0.1) is 6.04 Å². The van der Waals surface area contributed by atoms with Gasteiger partial charge in [-0.25, -0.2) is 4.39 Å². The summed E-state index contributed by atoms with van der Waals surface area (Å²) in [7, 11) is 0. The van der Waals surface area contributed by atoms with Gasteiger partial charge in [-0.05, 0) is 49.5 Å². The van der Waals surface area contributed by atoms with Crippen molar-refractivity contribution in [2.24, 2.45) is 0 Å². The number of hydrogen-bond donors (Lipinski definition) is 1. The number of rotatable bonds is 7. The van der Waals surface area contributed by atoms with Gasteiger partial charge in [-0.2, -0.15) is 0 Å². The van der Waals surface area contributed by atoms with E-state index >= 15 is 0 Å². The minimum absolute atomic E-state index is 0.0246. The lowest BCUT2D eigenvalue weighted by Crippen LogP contribution is -2.36. The summed E-state index contributed by atoms with van der Waals surface area (Å²) in [4.78, 5) is 14.7. The monoisotopic (exact) mass is 340 g/mol. The van der Waals surface area contributed by atoms with Crippen LogP contribution in [0.15, 0.2) is 54.6 Å². The third-order valence-corrected chi connectivity index (χ3v) is 4.84. The number of aryl methyl sites for hydroxylation is 1. The van der Waals surface area contributed by atoms with Crippen molar-refractivity contribution in [3.63, 3.8) is 0 Å². The fourth-order valence-electron chi connectivity index (χ4n) is 3.43. The van der Waals surface area contributed by atoms with Crippen LogP contribution in [0.5, 0.6) is 0 Å². The van der Waals surface area contributed by atoms with E-state index in [4.69, 9.17) is 0 Å². The van der Waals surface area contributed by atoms with E-state index in [1.807, 2.05) is 18.2 Å². The quantitative estimate of drug-likeness (QED) is 0.833. The van der Waals surface area contributed by atoms with Crippen LogP contribution in [0.25, 0.3) is 0 Å². The van der Waals surface area contributed by atoms with Crippen molar-refractivity contribution in [3.8, 4) is 0 Å². The van der Waals surface area contributed by atoms with Gasteiger partial charge < -0.3 is 5.32 Å². The molecule has 1 unspecified atom stereocenters. The second kappa shape index (κ2) is 8.77. The van der Waals surface area contributed by atoms with E-state index in [0.29, 0.717) is 24.9 Å². The summed E-state index contributed by atoms with van der Waals surface area (Å²) in [6.45, 7) is 2.75. The summed E-state index contributed by atoms with van der Waals surface area (Å²) >= 11 is 0. The van der Waals surface area contributed by atoms with E-state index in [1.165, 1.54) is 24.5 Å². The molecule has 1 aliphatic rings. The zero-order chi connectivity index (χ0) is 17.5. The van der Waals surface area contributed by atoms with Crippen molar-refractivity contribution < 1.29 is 9.18 Å². The van der Waals surface area contributed by atoms with Gasteiger partial charge in [0.2, 0.25) is 5.91 Å². The molecule has 1 atom stereocenters. The summed E-state index contributed by atoms with van der Waals surface area (Å²) in [5.74, 6) is -0.266. The van der Waals surface area contributed by atoms with Crippen LogP contribution < -0.4 is 5.32 Å². The number of hydrogen-bond acceptors (Lipinski definition) is 2. The molecule has 1 fully saturated rings. The zero-order valence-corrected chi connectivity index (χ0v) is 14.5. The van der Waals surface area contributed by atoms with Crippen LogP contribution in [0.4, 0.5) is 4.39 Å². The van der Waals surface area contributed by atoms with Gasteiger partial charge in [-0.3, -0.25) is 9.69 Å². The molecule has 1 N–H and O–H groups in total. The molecule has 1 aliphatic heterocycles. The highest BCUT2D eigenvalue weighted by molar-refractivity contribution is 5.76. The lowest BCUT2D eigenvalue weighted by Gasteiger charge is -2.28. The molecule has 0 aromatic heterocycles. The number of benzene rings is 2. The molecule has 2 aromatic carbocycles. The molecule has 1 heterocycles. The van der Waals surface area contributed by atoms with E-state index < -0.39 is 0 Å². The van der Waals surface area contributed by atoms with E-state index in [0.717, 1.165) is 13.1 Å². The largest absolute Gasteiger partial charge is 0.354 e. The molecule has 3 nitrogen and oxygen atoms in total. The maximum absolute atomic E-state index is 13.6. The average Bonchev–Trinajstić information content (AvgIpc) is 3.16. The van der Waals surface area contributed by atoms with Crippen LogP contribution in [0.2, 0.25) is 0 Å². The number of likely N-dealkylation sites (tertiary alicyclic amines) is 1. The highest BCUT2D eigenvalue weighted by Crippen LogP contribution is 2.24. The van der Waals surface area contributed by atoms with Crippen LogP contribution in [-0.4, -0.2) is 30.4 Å². The SMILES string of the molecule is O=C(CCc1ccccc1F)NCC(c1ccccc1)N1CCCC1. The molecule has 0 spiro atoms. The fraction of sp³-hybridized carbons (Fsp3) is 0.381. The highest BCUT2D eigenvalue weighted by atomic mass is 19.1. The first-order chi connectivity index (χ1) is 12.2. The Labute approximate surface area is 148 Å². The average molecular weight is 340 g/mol. The smallest absolute Gasteiger partial charge is 0.220 e. The molecule has 1 saturated heterocycles. The summed E-state index contributed by atoms with van der Waals surface area (Å²) < 4.78 is 13.6. The lowest BCUT2D eigenvalue weighted by molar-refractivity contribution is -0.121. The first-order valence-corrected chi connectivity index (χ1v) is 9.03. The predicted molar refractivity (Wildman–Crippen MR) is 97.7 cm³/mol. The summed E-state index contributed by atoms with van der Waals surface area (Å²) in [6.07, 6.45) is 3.16. The van der Waals surface area contributed by atoms with Crippen LogP contribution in [-0.2, 0) is 11.2 Å². The van der Waals surface area contributed by atoms with Crippen molar-refractivity contribution in [1.29, 1.82) is 0 Å². The Morgan fingerprint density at radius 2 is 1.72 bits per heavy atom. The Morgan fingerprint density at radius 3 is 2.44 bits per heavy atom. The van der Waals surface area contributed by atoms with Crippen molar-refractivity contribution >= 4 is 5.91 Å². The van der Waals surface area contributed by atoms with Crippen molar-refractivity contribution in [3.05, 3.63) is 71.5 Å². The van der Waals surface area contributed by atoms with Crippen LogP contribution in [0.3, 0.4) is 0 Å². The van der Waals surface area contributed by atoms with Crippen LogP contribution >= 0.6 is 0 Å². The van der Waals surface area contributed by atoms with Gasteiger partial charge in [0.15, 0.2) is 0 Å². The first-order valence-electron chi connectivity index (χ1n) is 9.03. The summed E-state index contributed by atoms with van der Waals surface area (Å²) in [5.41, 5.74) is 1.83. The molecule has 25 heavy (non-hydrogen) atoms. The van der Waals surface area contributed by atoms with Crippen molar-refractivity contribution in [2.45, 2.75) is 31.7 Å². The Morgan fingerprint density at radius 1 is 1.04 bits per heavy atom. The number of nitrogens with zero attached hydrogens (tertiary/aromatic N) is 1. The molecule has 3 rings (SSSR count). The summed E-state index contributed by atoms with van der Waals surface area (Å²) in [6, 6.07) is 17.2. The molecule has 1 amide bonds. The van der Waals surface area contributed by atoms with E-state index in [1.54, 1.807) is 18.2 Å². The number of amides is 1. The number of carbonyl (C=O) groups is 1. The zero-order valence-electron chi connectivity index (χ0n) is 14.5. The van der Waals surface area contributed by atoms with Gasteiger partial charge in [-0.1, -0.05) is 48.5 Å². The molecule has 0 bridgehead atoms. The highest BCUT2D eigenvalue weighted by Gasteiger charge is 2.23. The van der Waals surface area contributed by atoms with Crippen molar-refractivity contribution in [2.75, 3.05) is 19.6 Å². The van der Waals surface area contributed by atoms with Gasteiger partial charge in [0, 0.05) is 13.0 Å². The topological polar surface area (TPSA) is 32.3 Å². The Bertz CT molecular complexity index is 683. The molecular formula is C21H25FN2O. The molecule has 0 saturated carbocycles. The molecule has 132 valence electrons. The Kier molecular flexibility index (Phi) is 6.18. The maximum atomic E-state index is 13.6. The number of nitrogens with one attached hydrogen (secondary N) is 1. The minimum atomic E-state index is -0.241.